The molecule has 0 bridgehead atoms. The van der Waals surface area contributed by atoms with E-state index in [0.717, 1.165) is 18.4 Å². The number of nitrogens with one attached hydrogen (secondary N) is 1. The number of nitrogens with two attached hydrogens (primary N) is 1. The highest BCUT2D eigenvalue weighted by atomic mass is 35.5. The molecule has 3 rings (SSSR count). The molecule has 130 valence electrons. The number of hydrogen-bond donors (Lipinski definition) is 2. The summed E-state index contributed by atoms with van der Waals surface area (Å²) in [6, 6.07) is 12.8. The van der Waals surface area contributed by atoms with Crippen molar-refractivity contribution in [1.82, 2.24) is 4.90 Å². The molecule has 2 aromatic rings. The van der Waals surface area contributed by atoms with Gasteiger partial charge in [0, 0.05) is 24.2 Å². The molecule has 1 aliphatic rings. The predicted molar refractivity (Wildman–Crippen MR) is 102 cm³/mol. The molecule has 1 aliphatic heterocycles. The summed E-state index contributed by atoms with van der Waals surface area (Å²) in [7, 11) is 0. The fourth-order valence-corrected chi connectivity index (χ4v) is 3.49. The van der Waals surface area contributed by atoms with Gasteiger partial charge in [-0.15, -0.1) is 0 Å². The molecule has 0 spiro atoms. The third-order valence-electron chi connectivity index (χ3n) is 4.62. The first-order valence-corrected chi connectivity index (χ1v) is 8.90. The summed E-state index contributed by atoms with van der Waals surface area (Å²) >= 11 is 11.9. The average molecular weight is 376 g/mol. The fourth-order valence-electron chi connectivity index (χ4n) is 3.19. The van der Waals surface area contributed by atoms with Crippen LogP contribution in [0.15, 0.2) is 42.5 Å². The van der Waals surface area contributed by atoms with Gasteiger partial charge in [-0.2, -0.15) is 0 Å². The number of piperidine rings is 1. The zero-order valence-corrected chi connectivity index (χ0v) is 15.1. The highest BCUT2D eigenvalue weighted by Crippen LogP contribution is 2.30. The number of nitrogens with zero attached hydrogens (tertiary/aromatic N) is 1. The Labute approximate surface area is 157 Å². The smallest absolute Gasteiger partial charge is 0.253 e. The van der Waals surface area contributed by atoms with Crippen molar-refractivity contribution in [3.05, 3.63) is 69.2 Å². The van der Waals surface area contributed by atoms with Crippen LogP contribution in [0, 0.1) is 5.41 Å². The number of amidine groups is 1. The van der Waals surface area contributed by atoms with Crippen molar-refractivity contribution in [3.63, 3.8) is 0 Å². The summed E-state index contributed by atoms with van der Waals surface area (Å²) in [4.78, 5) is 14.5. The molecular formula is C19H19Cl2N3O. The van der Waals surface area contributed by atoms with Crippen molar-refractivity contribution < 1.29 is 4.79 Å². The van der Waals surface area contributed by atoms with Crippen molar-refractivity contribution in [2.45, 2.75) is 18.8 Å². The number of likely N-dealkylation sites (tertiary alicyclic amines) is 1. The Morgan fingerprint density at radius 2 is 1.76 bits per heavy atom. The van der Waals surface area contributed by atoms with Gasteiger partial charge >= 0.3 is 0 Å². The van der Waals surface area contributed by atoms with Crippen LogP contribution in [0.5, 0.6) is 0 Å². The van der Waals surface area contributed by atoms with Gasteiger partial charge in [0.05, 0.1) is 10.0 Å². The Hall–Kier alpha value is -2.04. The highest BCUT2D eigenvalue weighted by Gasteiger charge is 2.25. The molecule has 1 fully saturated rings. The number of amides is 1. The van der Waals surface area contributed by atoms with Crippen LogP contribution in [-0.4, -0.2) is 29.7 Å². The lowest BCUT2D eigenvalue weighted by molar-refractivity contribution is 0.0713. The van der Waals surface area contributed by atoms with Crippen molar-refractivity contribution in [1.29, 1.82) is 5.41 Å². The summed E-state index contributed by atoms with van der Waals surface area (Å²) in [6.45, 7) is 1.38. The molecular weight excluding hydrogens is 357 g/mol. The molecule has 2 aromatic carbocycles. The Morgan fingerprint density at radius 1 is 1.04 bits per heavy atom. The van der Waals surface area contributed by atoms with E-state index in [2.05, 4.69) is 6.07 Å². The van der Waals surface area contributed by atoms with Crippen molar-refractivity contribution >= 4 is 34.9 Å². The normalized spacial score (nSPS) is 15.2. The van der Waals surface area contributed by atoms with Gasteiger partial charge in [-0.05, 0) is 48.6 Å². The van der Waals surface area contributed by atoms with E-state index in [1.54, 1.807) is 18.2 Å². The summed E-state index contributed by atoms with van der Waals surface area (Å²) in [5.41, 5.74) is 8.05. The number of halogens is 2. The third kappa shape index (κ3) is 3.97. The topological polar surface area (TPSA) is 70.2 Å². The SMILES string of the molecule is N=C(N)c1cccc(C2CCN(C(=O)c3ccc(Cl)c(Cl)c3)CC2)c1. The zero-order chi connectivity index (χ0) is 18.0. The third-order valence-corrected chi connectivity index (χ3v) is 5.36. The van der Waals surface area contributed by atoms with Gasteiger partial charge in [-0.1, -0.05) is 41.4 Å². The van der Waals surface area contributed by atoms with E-state index in [0.29, 0.717) is 34.6 Å². The second kappa shape index (κ2) is 7.46. The Bertz CT molecular complexity index is 814. The molecule has 1 amide bonds. The molecule has 0 unspecified atom stereocenters. The van der Waals surface area contributed by atoms with Crippen LogP contribution >= 0.6 is 23.2 Å². The first-order valence-electron chi connectivity index (χ1n) is 8.14. The molecule has 1 heterocycles. The van der Waals surface area contributed by atoms with Gasteiger partial charge in [0.2, 0.25) is 0 Å². The van der Waals surface area contributed by atoms with Crippen molar-refractivity contribution in [3.8, 4) is 0 Å². The van der Waals surface area contributed by atoms with Gasteiger partial charge in [0.25, 0.3) is 5.91 Å². The van der Waals surface area contributed by atoms with Crippen LogP contribution in [0.25, 0.3) is 0 Å². The van der Waals surface area contributed by atoms with E-state index < -0.39 is 0 Å². The largest absolute Gasteiger partial charge is 0.384 e. The second-order valence-corrected chi connectivity index (χ2v) is 7.05. The molecule has 25 heavy (non-hydrogen) atoms. The van der Waals surface area contributed by atoms with Gasteiger partial charge < -0.3 is 10.6 Å². The summed E-state index contributed by atoms with van der Waals surface area (Å²) in [6.07, 6.45) is 1.77. The van der Waals surface area contributed by atoms with E-state index in [4.69, 9.17) is 34.3 Å². The van der Waals surface area contributed by atoms with Crippen LogP contribution in [0.2, 0.25) is 10.0 Å². The maximum absolute atomic E-state index is 12.6. The van der Waals surface area contributed by atoms with E-state index in [-0.39, 0.29) is 11.7 Å². The van der Waals surface area contributed by atoms with E-state index in [9.17, 15) is 4.79 Å². The minimum absolute atomic E-state index is 0.0190. The van der Waals surface area contributed by atoms with Gasteiger partial charge in [-0.25, -0.2) is 0 Å². The summed E-state index contributed by atoms with van der Waals surface area (Å²) < 4.78 is 0. The summed E-state index contributed by atoms with van der Waals surface area (Å²) in [5, 5.41) is 8.41. The van der Waals surface area contributed by atoms with Crippen LogP contribution in [-0.2, 0) is 0 Å². The summed E-state index contributed by atoms with van der Waals surface area (Å²) in [5.74, 6) is 0.431. The molecule has 6 heteroatoms. The standard InChI is InChI=1S/C19H19Cl2N3O/c20-16-5-4-15(11-17(16)21)19(25)24-8-6-12(7-9-24)13-2-1-3-14(10-13)18(22)23/h1-5,10-12H,6-9H2,(H3,22,23). The lowest BCUT2D eigenvalue weighted by atomic mass is 9.88. The van der Waals surface area contributed by atoms with Gasteiger partial charge in [0.1, 0.15) is 5.84 Å². The van der Waals surface area contributed by atoms with Crippen molar-refractivity contribution in [2.24, 2.45) is 5.73 Å². The molecule has 3 N–H and O–H groups in total. The van der Waals surface area contributed by atoms with Crippen LogP contribution in [0.4, 0.5) is 0 Å². The van der Waals surface area contributed by atoms with Crippen LogP contribution in [0.3, 0.4) is 0 Å². The number of carbonyl (C=O) groups excluding carboxylic acids is 1. The Balaban J connectivity index is 1.67. The number of carbonyl (C=O) groups is 1. The first-order chi connectivity index (χ1) is 12.0. The second-order valence-electron chi connectivity index (χ2n) is 6.23. The Kier molecular flexibility index (Phi) is 5.30. The lowest BCUT2D eigenvalue weighted by Crippen LogP contribution is -2.38. The van der Waals surface area contributed by atoms with Gasteiger partial charge in [-0.3, -0.25) is 10.2 Å². The lowest BCUT2D eigenvalue weighted by Gasteiger charge is -2.32. The van der Waals surface area contributed by atoms with Crippen LogP contribution < -0.4 is 5.73 Å². The minimum atomic E-state index is -0.0190. The van der Waals surface area contributed by atoms with Crippen LogP contribution in [0.1, 0.15) is 40.2 Å². The van der Waals surface area contributed by atoms with E-state index >= 15 is 0 Å². The molecule has 0 aliphatic carbocycles. The average Bonchev–Trinajstić information content (AvgIpc) is 2.63. The molecule has 0 atom stereocenters. The van der Waals surface area contributed by atoms with E-state index in [1.165, 1.54) is 5.56 Å². The fraction of sp³-hybridized carbons (Fsp3) is 0.263. The predicted octanol–water partition coefficient (Wildman–Crippen LogP) is 4.30. The maximum atomic E-state index is 12.6. The number of hydrogen-bond acceptors (Lipinski definition) is 2. The maximum Gasteiger partial charge on any atom is 0.253 e. The number of benzene rings is 2. The monoisotopic (exact) mass is 375 g/mol. The first kappa shape index (κ1) is 17.8. The molecule has 0 aromatic heterocycles. The highest BCUT2D eigenvalue weighted by molar-refractivity contribution is 6.42. The molecule has 0 saturated carbocycles. The Morgan fingerprint density at radius 3 is 2.40 bits per heavy atom. The quantitative estimate of drug-likeness (QED) is 0.620. The van der Waals surface area contributed by atoms with E-state index in [1.807, 2.05) is 23.1 Å². The minimum Gasteiger partial charge on any atom is -0.384 e. The molecule has 4 nitrogen and oxygen atoms in total. The molecule has 0 radical (unpaired) electrons. The molecule has 1 saturated heterocycles. The van der Waals surface area contributed by atoms with Gasteiger partial charge in [0.15, 0.2) is 0 Å². The number of rotatable bonds is 3. The van der Waals surface area contributed by atoms with Crippen molar-refractivity contribution in [2.75, 3.05) is 13.1 Å². The zero-order valence-electron chi connectivity index (χ0n) is 13.6. The number of nitrogen functional groups attached to an aromatic ring is 1.